The van der Waals surface area contributed by atoms with Crippen molar-refractivity contribution in [1.29, 1.82) is 0 Å². The lowest BCUT2D eigenvalue weighted by molar-refractivity contribution is -0.320. The summed E-state index contributed by atoms with van der Waals surface area (Å²) >= 11 is 0. The Balaban J connectivity index is 1.26. The zero-order chi connectivity index (χ0) is 30.6. The lowest BCUT2D eigenvalue weighted by Gasteiger charge is -2.47. The third-order valence-electron chi connectivity index (χ3n) is 7.87. The molecule has 2 N–H and O–H groups in total. The standard InChI is InChI=1S/C30H34FN7O6/c1-3-37(4-2)14-13-32-27(40)29-35-34-28(44-29)26-24(39)23(38-16-21(33-36-38)19-11-8-12-20(31)15-19)25-22(42-26)17-41-30(43-25)18-9-6-5-7-10-18/h5-12,15-16,22-26,30,39H,3-4,13-14,17H2,1-2H3,(H,32,40)/t22-,23-,24-,25+,26-,30+/m1/s1. The summed E-state index contributed by atoms with van der Waals surface area (Å²) in [5, 5.41) is 31.0. The molecule has 6 atom stereocenters. The van der Waals surface area contributed by atoms with Gasteiger partial charge in [-0.15, -0.1) is 15.3 Å². The van der Waals surface area contributed by atoms with Gasteiger partial charge in [0.15, 0.2) is 12.4 Å². The number of likely N-dealkylation sites (N-methyl/N-ethyl adjacent to an activating group) is 1. The van der Waals surface area contributed by atoms with Crippen molar-refractivity contribution in [1.82, 2.24) is 35.4 Å². The van der Waals surface area contributed by atoms with Crippen molar-refractivity contribution in [2.75, 3.05) is 32.8 Å². The van der Waals surface area contributed by atoms with Crippen molar-refractivity contribution in [2.45, 2.75) is 50.6 Å². The molecule has 0 unspecified atom stereocenters. The van der Waals surface area contributed by atoms with Crippen LogP contribution in [-0.2, 0) is 14.2 Å². The molecule has 2 saturated heterocycles. The van der Waals surface area contributed by atoms with Crippen LogP contribution in [0.2, 0.25) is 0 Å². The summed E-state index contributed by atoms with van der Waals surface area (Å²) in [5.74, 6) is -1.26. The van der Waals surface area contributed by atoms with Crippen LogP contribution in [0.3, 0.4) is 0 Å². The van der Waals surface area contributed by atoms with Gasteiger partial charge in [0.05, 0.1) is 12.8 Å². The van der Waals surface area contributed by atoms with E-state index in [1.54, 1.807) is 18.3 Å². The first-order valence-electron chi connectivity index (χ1n) is 14.6. The minimum absolute atomic E-state index is 0.0782. The number of benzene rings is 2. The average Bonchev–Trinajstić information content (AvgIpc) is 3.74. The van der Waals surface area contributed by atoms with E-state index in [9.17, 15) is 14.3 Å². The van der Waals surface area contributed by atoms with Gasteiger partial charge in [-0.3, -0.25) is 4.79 Å². The second kappa shape index (κ2) is 13.3. The number of hydrogen-bond donors (Lipinski definition) is 2. The highest BCUT2D eigenvalue weighted by atomic mass is 19.1. The molecule has 0 radical (unpaired) electrons. The van der Waals surface area contributed by atoms with Gasteiger partial charge in [-0.25, -0.2) is 9.07 Å². The molecule has 2 fully saturated rings. The zero-order valence-electron chi connectivity index (χ0n) is 24.3. The number of amides is 1. The third-order valence-corrected chi connectivity index (χ3v) is 7.87. The molecule has 44 heavy (non-hydrogen) atoms. The van der Waals surface area contributed by atoms with E-state index >= 15 is 0 Å². The van der Waals surface area contributed by atoms with Gasteiger partial charge >= 0.3 is 11.8 Å². The predicted octanol–water partition coefficient (Wildman–Crippen LogP) is 2.70. The topological polar surface area (TPSA) is 150 Å². The van der Waals surface area contributed by atoms with E-state index in [1.807, 2.05) is 30.3 Å². The highest BCUT2D eigenvalue weighted by Crippen LogP contribution is 2.43. The Morgan fingerprint density at radius 3 is 2.68 bits per heavy atom. The molecule has 4 heterocycles. The van der Waals surface area contributed by atoms with E-state index in [0.717, 1.165) is 18.7 Å². The molecule has 2 aliphatic rings. The van der Waals surface area contributed by atoms with Crippen LogP contribution in [0.15, 0.2) is 65.2 Å². The van der Waals surface area contributed by atoms with Crippen LogP contribution in [0.5, 0.6) is 0 Å². The largest absolute Gasteiger partial charge is 0.414 e. The summed E-state index contributed by atoms with van der Waals surface area (Å²) in [5.41, 5.74) is 1.73. The molecule has 1 amide bonds. The smallest absolute Gasteiger partial charge is 0.308 e. The van der Waals surface area contributed by atoms with Crippen molar-refractivity contribution in [2.24, 2.45) is 0 Å². The number of rotatable bonds is 10. The summed E-state index contributed by atoms with van der Waals surface area (Å²) in [6, 6.07) is 14.6. The van der Waals surface area contributed by atoms with Crippen molar-refractivity contribution in [3.8, 4) is 11.3 Å². The zero-order valence-corrected chi connectivity index (χ0v) is 24.3. The molecule has 13 nitrogen and oxygen atoms in total. The lowest BCUT2D eigenvalue weighted by Crippen LogP contribution is -2.56. The highest BCUT2D eigenvalue weighted by molar-refractivity contribution is 5.89. The van der Waals surface area contributed by atoms with E-state index in [1.165, 1.54) is 16.8 Å². The monoisotopic (exact) mass is 607 g/mol. The number of halogens is 1. The molecule has 2 aliphatic heterocycles. The lowest BCUT2D eigenvalue weighted by atomic mass is 9.91. The molecule has 0 saturated carbocycles. The maximum atomic E-state index is 13.9. The Labute approximate surface area is 252 Å². The number of aliphatic hydroxyl groups is 1. The first kappa shape index (κ1) is 30.0. The van der Waals surface area contributed by atoms with Crippen LogP contribution in [0.25, 0.3) is 11.3 Å². The summed E-state index contributed by atoms with van der Waals surface area (Å²) in [6.45, 7) is 7.04. The van der Waals surface area contributed by atoms with Gasteiger partial charge < -0.3 is 34.0 Å². The summed E-state index contributed by atoms with van der Waals surface area (Å²) < 4.78 is 39.7. The molecule has 0 bridgehead atoms. The first-order valence-corrected chi connectivity index (χ1v) is 14.6. The minimum Gasteiger partial charge on any atom is -0.414 e. The maximum absolute atomic E-state index is 13.9. The Bertz CT molecular complexity index is 1550. The van der Waals surface area contributed by atoms with Crippen LogP contribution < -0.4 is 5.32 Å². The fraction of sp³-hybridized carbons (Fsp3) is 0.433. The molecule has 14 heteroatoms. The Morgan fingerprint density at radius 2 is 1.91 bits per heavy atom. The predicted molar refractivity (Wildman–Crippen MR) is 153 cm³/mol. The molecule has 2 aromatic carbocycles. The summed E-state index contributed by atoms with van der Waals surface area (Å²) in [7, 11) is 0. The first-order chi connectivity index (χ1) is 21.4. The summed E-state index contributed by atoms with van der Waals surface area (Å²) in [4.78, 5) is 14.9. The Hall–Kier alpha value is -4.08. The van der Waals surface area contributed by atoms with Crippen molar-refractivity contribution < 1.29 is 32.9 Å². The second-order valence-electron chi connectivity index (χ2n) is 10.6. The van der Waals surface area contributed by atoms with Crippen molar-refractivity contribution in [3.63, 3.8) is 0 Å². The molecule has 232 valence electrons. The molecule has 4 aromatic rings. The minimum atomic E-state index is -1.31. The molecule has 0 spiro atoms. The number of fused-ring (bicyclic) bond motifs is 1. The van der Waals surface area contributed by atoms with E-state index in [2.05, 4.69) is 44.6 Å². The van der Waals surface area contributed by atoms with Crippen LogP contribution >= 0.6 is 0 Å². The Morgan fingerprint density at radius 1 is 1.09 bits per heavy atom. The van der Waals surface area contributed by atoms with Crippen molar-refractivity contribution >= 4 is 5.91 Å². The quantitative estimate of drug-likeness (QED) is 0.274. The Kier molecular flexibility index (Phi) is 9.04. The highest BCUT2D eigenvalue weighted by Gasteiger charge is 2.52. The third kappa shape index (κ3) is 6.25. The molecule has 6 rings (SSSR count). The van der Waals surface area contributed by atoms with Crippen LogP contribution in [0.1, 0.15) is 54.4 Å². The van der Waals surface area contributed by atoms with Crippen molar-refractivity contribution in [3.05, 3.63) is 84.0 Å². The van der Waals surface area contributed by atoms with Crippen LogP contribution in [-0.4, -0.2) is 92.2 Å². The molecule has 0 aliphatic carbocycles. The van der Waals surface area contributed by atoms with Gasteiger partial charge in [0.2, 0.25) is 5.89 Å². The van der Waals surface area contributed by atoms with Gasteiger partial charge in [0.25, 0.3) is 0 Å². The van der Waals surface area contributed by atoms with Gasteiger partial charge in [-0.05, 0) is 25.2 Å². The number of hydrogen-bond acceptors (Lipinski definition) is 11. The molecular formula is C30H34FN7O6. The molecule has 2 aromatic heterocycles. The van der Waals surface area contributed by atoms with E-state index in [-0.39, 0.29) is 18.4 Å². The number of carbonyl (C=O) groups excluding carboxylic acids is 1. The van der Waals surface area contributed by atoms with Crippen LogP contribution in [0, 0.1) is 5.82 Å². The van der Waals surface area contributed by atoms with E-state index < -0.39 is 48.5 Å². The normalized spacial score (nSPS) is 25.1. The molecular weight excluding hydrogens is 573 g/mol. The number of aromatic nitrogens is 5. The van der Waals surface area contributed by atoms with Gasteiger partial charge in [-0.2, -0.15) is 0 Å². The number of ether oxygens (including phenoxy) is 3. The number of nitrogens with zero attached hydrogens (tertiary/aromatic N) is 6. The van der Waals surface area contributed by atoms with E-state index in [4.69, 9.17) is 18.6 Å². The number of aliphatic hydroxyl groups excluding tert-OH is 1. The summed E-state index contributed by atoms with van der Waals surface area (Å²) in [6.07, 6.45) is -2.95. The fourth-order valence-corrected chi connectivity index (χ4v) is 5.49. The average molecular weight is 608 g/mol. The van der Waals surface area contributed by atoms with E-state index in [0.29, 0.717) is 24.3 Å². The number of carbonyl (C=O) groups is 1. The van der Waals surface area contributed by atoms with Gasteiger partial charge in [0, 0.05) is 24.2 Å². The fourth-order valence-electron chi connectivity index (χ4n) is 5.49. The van der Waals surface area contributed by atoms with Gasteiger partial charge in [0.1, 0.15) is 35.9 Å². The maximum Gasteiger partial charge on any atom is 0.308 e. The SMILES string of the molecule is CCN(CC)CCNC(=O)c1nnc([C@@H]2O[C@@H]3CO[C@H](c4ccccc4)O[C@@H]3[C@H](n3cc(-c4cccc(F)c4)nn3)[C@H]2O)o1. The number of nitrogens with one attached hydrogen (secondary N) is 1. The second-order valence-corrected chi connectivity index (χ2v) is 10.6. The van der Waals surface area contributed by atoms with Gasteiger partial charge in [-0.1, -0.05) is 61.5 Å². The van der Waals surface area contributed by atoms with Crippen LogP contribution in [0.4, 0.5) is 4.39 Å².